The zero-order valence-electron chi connectivity index (χ0n) is 14.5. The Bertz CT molecular complexity index is 888. The molecule has 1 fully saturated rings. The number of hydrogen-bond acceptors (Lipinski definition) is 1. The minimum Gasteiger partial charge on any atom is -0.294 e. The molecule has 3 unspecified atom stereocenters. The first-order valence-electron chi connectivity index (χ1n) is 9.36. The smallest absolute Gasteiger partial charge is 0.163 e. The number of ketones is 1. The molecule has 24 heavy (non-hydrogen) atoms. The maximum Gasteiger partial charge on any atom is 0.163 e. The van der Waals surface area contributed by atoms with Crippen LogP contribution in [0.1, 0.15) is 66.9 Å². The SMILES string of the molecule is CC(C)c1ccc2cc3c(cc2c1)C1(CCC3=O)CC2C=CC1C2. The lowest BCUT2D eigenvalue weighted by atomic mass is 9.62. The van der Waals surface area contributed by atoms with E-state index < -0.39 is 0 Å². The molecular formula is C23H24O. The summed E-state index contributed by atoms with van der Waals surface area (Å²) in [5.41, 5.74) is 3.97. The monoisotopic (exact) mass is 316 g/mol. The van der Waals surface area contributed by atoms with Crippen molar-refractivity contribution in [1.29, 1.82) is 0 Å². The first kappa shape index (κ1) is 14.5. The van der Waals surface area contributed by atoms with Crippen molar-refractivity contribution in [3.63, 3.8) is 0 Å². The highest BCUT2D eigenvalue weighted by Crippen LogP contribution is 2.58. The van der Waals surface area contributed by atoms with Crippen LogP contribution in [-0.2, 0) is 5.41 Å². The lowest BCUT2D eigenvalue weighted by molar-refractivity contribution is 0.0944. The molecule has 0 N–H and O–H groups in total. The summed E-state index contributed by atoms with van der Waals surface area (Å²) < 4.78 is 0. The predicted molar refractivity (Wildman–Crippen MR) is 98.6 cm³/mol. The molecule has 122 valence electrons. The summed E-state index contributed by atoms with van der Waals surface area (Å²) in [5, 5.41) is 2.52. The first-order chi connectivity index (χ1) is 11.6. The van der Waals surface area contributed by atoms with E-state index in [-0.39, 0.29) is 5.41 Å². The van der Waals surface area contributed by atoms with Gasteiger partial charge in [-0.25, -0.2) is 0 Å². The van der Waals surface area contributed by atoms with Gasteiger partial charge in [0.15, 0.2) is 5.78 Å². The molecule has 0 saturated heterocycles. The zero-order chi connectivity index (χ0) is 16.5. The van der Waals surface area contributed by atoms with E-state index >= 15 is 0 Å². The number of fused-ring (bicyclic) bond motifs is 6. The van der Waals surface area contributed by atoms with Crippen LogP contribution in [0.3, 0.4) is 0 Å². The van der Waals surface area contributed by atoms with E-state index in [1.54, 1.807) is 0 Å². The van der Waals surface area contributed by atoms with Crippen LogP contribution in [-0.4, -0.2) is 5.78 Å². The Balaban J connectivity index is 1.75. The lowest BCUT2D eigenvalue weighted by Gasteiger charge is -2.40. The average molecular weight is 316 g/mol. The number of carbonyl (C=O) groups excluding carboxylic acids is 1. The van der Waals surface area contributed by atoms with E-state index in [9.17, 15) is 4.79 Å². The molecule has 1 spiro atoms. The molecule has 0 radical (unpaired) electrons. The summed E-state index contributed by atoms with van der Waals surface area (Å²) >= 11 is 0. The van der Waals surface area contributed by atoms with Crippen LogP contribution in [0, 0.1) is 11.8 Å². The molecule has 3 aliphatic carbocycles. The average Bonchev–Trinajstić information content (AvgIpc) is 3.18. The Morgan fingerprint density at radius 3 is 2.67 bits per heavy atom. The Labute approximate surface area is 143 Å². The van der Waals surface area contributed by atoms with Gasteiger partial charge in [-0.15, -0.1) is 0 Å². The van der Waals surface area contributed by atoms with E-state index in [0.29, 0.717) is 17.6 Å². The van der Waals surface area contributed by atoms with Crippen molar-refractivity contribution < 1.29 is 4.79 Å². The van der Waals surface area contributed by atoms with Crippen LogP contribution in [0.4, 0.5) is 0 Å². The van der Waals surface area contributed by atoms with E-state index in [0.717, 1.165) is 24.3 Å². The van der Waals surface area contributed by atoms with E-state index in [2.05, 4.69) is 56.3 Å². The summed E-state index contributed by atoms with van der Waals surface area (Å²) in [6.45, 7) is 4.48. The van der Waals surface area contributed by atoms with E-state index in [4.69, 9.17) is 0 Å². The third-order valence-corrected chi connectivity index (χ3v) is 6.81. The fraction of sp³-hybridized carbons (Fsp3) is 0.435. The molecule has 2 bridgehead atoms. The Morgan fingerprint density at radius 2 is 1.96 bits per heavy atom. The van der Waals surface area contributed by atoms with Crippen LogP contribution in [0.5, 0.6) is 0 Å². The molecule has 0 aromatic heterocycles. The molecule has 5 rings (SSSR count). The third kappa shape index (κ3) is 1.84. The largest absolute Gasteiger partial charge is 0.294 e. The van der Waals surface area contributed by atoms with Crippen LogP contribution >= 0.6 is 0 Å². The highest BCUT2D eigenvalue weighted by Gasteiger charge is 2.52. The number of allylic oxidation sites excluding steroid dienone is 2. The van der Waals surface area contributed by atoms with Crippen LogP contribution in [0.2, 0.25) is 0 Å². The summed E-state index contributed by atoms with van der Waals surface area (Å²) in [6, 6.07) is 11.3. The van der Waals surface area contributed by atoms with Crippen molar-refractivity contribution in [2.45, 2.75) is 50.9 Å². The number of Topliss-reactive ketones (excluding diaryl/α,β-unsaturated/α-hetero) is 1. The van der Waals surface area contributed by atoms with Gasteiger partial charge in [-0.2, -0.15) is 0 Å². The molecule has 1 nitrogen and oxygen atoms in total. The molecule has 1 saturated carbocycles. The molecular weight excluding hydrogens is 292 g/mol. The Hall–Kier alpha value is -1.89. The van der Waals surface area contributed by atoms with E-state index in [1.807, 2.05) is 0 Å². The molecule has 0 heterocycles. The highest BCUT2D eigenvalue weighted by atomic mass is 16.1. The number of hydrogen-bond donors (Lipinski definition) is 0. The normalized spacial score (nSPS) is 30.7. The Kier molecular flexibility index (Phi) is 2.90. The van der Waals surface area contributed by atoms with Gasteiger partial charge in [-0.1, -0.05) is 44.2 Å². The van der Waals surface area contributed by atoms with Crippen molar-refractivity contribution >= 4 is 16.6 Å². The van der Waals surface area contributed by atoms with Gasteiger partial charge in [0.2, 0.25) is 0 Å². The minimum absolute atomic E-state index is 0.227. The van der Waals surface area contributed by atoms with Gasteiger partial charge in [0, 0.05) is 17.4 Å². The second kappa shape index (κ2) is 4.81. The van der Waals surface area contributed by atoms with Crippen molar-refractivity contribution in [3.05, 3.63) is 59.2 Å². The highest BCUT2D eigenvalue weighted by molar-refractivity contribution is 6.03. The second-order valence-electron chi connectivity index (χ2n) is 8.43. The fourth-order valence-electron chi connectivity index (χ4n) is 5.48. The fourth-order valence-corrected chi connectivity index (χ4v) is 5.48. The topological polar surface area (TPSA) is 17.1 Å². The van der Waals surface area contributed by atoms with Gasteiger partial charge >= 0.3 is 0 Å². The predicted octanol–water partition coefficient (Wildman–Crippen LogP) is 5.77. The van der Waals surface area contributed by atoms with Gasteiger partial charge < -0.3 is 0 Å². The molecule has 3 atom stereocenters. The second-order valence-corrected chi connectivity index (χ2v) is 8.43. The van der Waals surface area contributed by atoms with Crippen molar-refractivity contribution in [1.82, 2.24) is 0 Å². The standard InChI is InChI=1S/C23H24O/c1-14(2)16-4-5-17-11-20-21(12-18(17)10-16)23(8-7-22(20)24)13-15-3-6-19(23)9-15/h3-6,10-12,14-15,19H,7-9,13H2,1-2H3. The van der Waals surface area contributed by atoms with Crippen molar-refractivity contribution in [2.75, 3.05) is 0 Å². The molecule has 0 amide bonds. The van der Waals surface area contributed by atoms with Gasteiger partial charge in [0.05, 0.1) is 0 Å². The third-order valence-electron chi connectivity index (χ3n) is 6.81. The van der Waals surface area contributed by atoms with Gasteiger partial charge in [-0.05, 0) is 71.0 Å². The van der Waals surface area contributed by atoms with Gasteiger partial charge in [-0.3, -0.25) is 4.79 Å². The molecule has 0 aliphatic heterocycles. The molecule has 1 heteroatoms. The van der Waals surface area contributed by atoms with Crippen LogP contribution in [0.25, 0.3) is 10.8 Å². The number of carbonyl (C=O) groups is 1. The molecule has 2 aromatic rings. The molecule has 2 aromatic carbocycles. The number of benzene rings is 2. The van der Waals surface area contributed by atoms with E-state index in [1.165, 1.54) is 34.7 Å². The summed E-state index contributed by atoms with van der Waals surface area (Å²) in [4.78, 5) is 12.6. The molecule has 3 aliphatic rings. The quantitative estimate of drug-likeness (QED) is 0.610. The van der Waals surface area contributed by atoms with Gasteiger partial charge in [0.1, 0.15) is 0 Å². The number of rotatable bonds is 1. The summed E-state index contributed by atoms with van der Waals surface area (Å²) in [6.07, 6.45) is 9.13. The lowest BCUT2D eigenvalue weighted by Crippen LogP contribution is -2.36. The zero-order valence-corrected chi connectivity index (χ0v) is 14.5. The van der Waals surface area contributed by atoms with Crippen LogP contribution < -0.4 is 0 Å². The van der Waals surface area contributed by atoms with Crippen LogP contribution in [0.15, 0.2) is 42.5 Å². The Morgan fingerprint density at radius 1 is 1.08 bits per heavy atom. The first-order valence-corrected chi connectivity index (χ1v) is 9.36. The maximum absolute atomic E-state index is 12.6. The maximum atomic E-state index is 12.6. The minimum atomic E-state index is 0.227. The van der Waals surface area contributed by atoms with Crippen molar-refractivity contribution in [3.8, 4) is 0 Å². The summed E-state index contributed by atoms with van der Waals surface area (Å²) in [5.74, 6) is 2.25. The summed E-state index contributed by atoms with van der Waals surface area (Å²) in [7, 11) is 0. The van der Waals surface area contributed by atoms with Gasteiger partial charge in [0.25, 0.3) is 0 Å². The van der Waals surface area contributed by atoms with Crippen molar-refractivity contribution in [2.24, 2.45) is 11.8 Å².